The van der Waals surface area contributed by atoms with Crippen LogP contribution in [0.4, 0.5) is 0 Å². The molecular formula is C21H25N3O4. The van der Waals surface area contributed by atoms with E-state index >= 15 is 0 Å². The van der Waals surface area contributed by atoms with E-state index in [1.165, 1.54) is 0 Å². The highest BCUT2D eigenvalue weighted by Crippen LogP contribution is 2.34. The smallest absolute Gasteiger partial charge is 0.245 e. The van der Waals surface area contributed by atoms with Crippen LogP contribution in [0.3, 0.4) is 0 Å². The first-order valence-corrected chi connectivity index (χ1v) is 9.13. The van der Waals surface area contributed by atoms with Crippen molar-refractivity contribution in [1.82, 2.24) is 15.1 Å². The molecule has 0 aromatic heterocycles. The Labute approximate surface area is 164 Å². The van der Waals surface area contributed by atoms with Crippen LogP contribution in [0.15, 0.2) is 48.5 Å². The molecule has 7 heteroatoms. The van der Waals surface area contributed by atoms with Crippen LogP contribution in [-0.2, 0) is 16.1 Å². The molecule has 2 amide bonds. The highest BCUT2D eigenvalue weighted by Gasteiger charge is 2.36. The minimum Gasteiger partial charge on any atom is -0.493 e. The molecule has 28 heavy (non-hydrogen) atoms. The van der Waals surface area contributed by atoms with E-state index < -0.39 is 6.04 Å². The fourth-order valence-electron chi connectivity index (χ4n) is 3.49. The van der Waals surface area contributed by atoms with Crippen molar-refractivity contribution in [3.63, 3.8) is 0 Å². The summed E-state index contributed by atoms with van der Waals surface area (Å²) in [5, 5.41) is 2.59. The largest absolute Gasteiger partial charge is 0.493 e. The number of nitrogens with zero attached hydrogens (tertiary/aromatic N) is 2. The van der Waals surface area contributed by atoms with Crippen LogP contribution < -0.4 is 14.8 Å². The van der Waals surface area contributed by atoms with Crippen molar-refractivity contribution >= 4 is 12.3 Å². The summed E-state index contributed by atoms with van der Waals surface area (Å²) in [6.45, 7) is 2.10. The molecule has 1 heterocycles. The Balaban J connectivity index is 1.93. The molecule has 148 valence electrons. The van der Waals surface area contributed by atoms with Crippen molar-refractivity contribution in [3.05, 3.63) is 59.7 Å². The second kappa shape index (κ2) is 9.23. The third-order valence-corrected chi connectivity index (χ3v) is 4.89. The predicted molar refractivity (Wildman–Crippen MR) is 105 cm³/mol. The predicted octanol–water partition coefficient (Wildman–Crippen LogP) is 1.79. The van der Waals surface area contributed by atoms with Crippen molar-refractivity contribution in [2.75, 3.05) is 34.0 Å². The number of hydrogen-bond acceptors (Lipinski definition) is 5. The monoisotopic (exact) mass is 383 g/mol. The molecule has 0 saturated carbocycles. The molecule has 1 unspecified atom stereocenters. The number of ether oxygens (including phenoxy) is 2. The van der Waals surface area contributed by atoms with Gasteiger partial charge in [0, 0.05) is 19.6 Å². The Kier molecular flexibility index (Phi) is 6.49. The topological polar surface area (TPSA) is 71.1 Å². The second-order valence-electron chi connectivity index (χ2n) is 6.55. The van der Waals surface area contributed by atoms with E-state index in [4.69, 9.17) is 9.47 Å². The average molecular weight is 383 g/mol. The van der Waals surface area contributed by atoms with Gasteiger partial charge in [-0.25, -0.2) is 0 Å². The number of carbonyl (C=O) groups excluding carboxylic acids is 2. The van der Waals surface area contributed by atoms with Gasteiger partial charge >= 0.3 is 0 Å². The molecule has 0 spiro atoms. The van der Waals surface area contributed by atoms with Gasteiger partial charge in [-0.15, -0.1) is 0 Å². The van der Waals surface area contributed by atoms with Crippen molar-refractivity contribution in [2.24, 2.45) is 0 Å². The molecule has 0 aliphatic carbocycles. The molecule has 2 aromatic carbocycles. The maximum Gasteiger partial charge on any atom is 0.245 e. The fourth-order valence-corrected chi connectivity index (χ4v) is 3.49. The molecule has 1 aliphatic heterocycles. The van der Waals surface area contributed by atoms with Crippen molar-refractivity contribution in [3.8, 4) is 11.5 Å². The third-order valence-electron chi connectivity index (χ3n) is 4.89. The van der Waals surface area contributed by atoms with Crippen molar-refractivity contribution in [2.45, 2.75) is 12.6 Å². The first-order valence-electron chi connectivity index (χ1n) is 9.13. The molecule has 1 saturated heterocycles. The lowest BCUT2D eigenvalue weighted by atomic mass is 10.00. The summed E-state index contributed by atoms with van der Waals surface area (Å²) >= 11 is 0. The molecule has 0 bridgehead atoms. The van der Waals surface area contributed by atoms with E-state index in [2.05, 4.69) is 22.3 Å². The first-order chi connectivity index (χ1) is 13.7. The van der Waals surface area contributed by atoms with Gasteiger partial charge in [0.05, 0.1) is 20.9 Å². The van der Waals surface area contributed by atoms with Crippen LogP contribution in [0.2, 0.25) is 0 Å². The van der Waals surface area contributed by atoms with Crippen LogP contribution in [0.1, 0.15) is 17.2 Å². The van der Waals surface area contributed by atoms with Crippen molar-refractivity contribution < 1.29 is 19.1 Å². The summed E-state index contributed by atoms with van der Waals surface area (Å²) in [6, 6.07) is 15.1. The molecule has 1 fully saturated rings. The number of rotatable bonds is 8. The van der Waals surface area contributed by atoms with Gasteiger partial charge in [0.1, 0.15) is 6.04 Å². The van der Waals surface area contributed by atoms with E-state index in [1.54, 1.807) is 19.1 Å². The summed E-state index contributed by atoms with van der Waals surface area (Å²) in [5.41, 5.74) is 1.97. The minimum absolute atomic E-state index is 0.0521. The summed E-state index contributed by atoms with van der Waals surface area (Å²) < 4.78 is 10.7. The van der Waals surface area contributed by atoms with Crippen molar-refractivity contribution in [1.29, 1.82) is 0 Å². The Hall–Kier alpha value is -3.06. The molecule has 7 nitrogen and oxygen atoms in total. The number of benzene rings is 2. The zero-order chi connectivity index (χ0) is 19.9. The molecule has 1 aliphatic rings. The lowest BCUT2D eigenvalue weighted by Gasteiger charge is -2.40. The Morgan fingerprint density at radius 3 is 2.50 bits per heavy atom. The SMILES string of the molecule is COc1ccc(C2C(=O)N(CNC=O)CCN2Cc2ccccc2)cc1OC. The highest BCUT2D eigenvalue weighted by atomic mass is 16.5. The molecule has 1 atom stereocenters. The summed E-state index contributed by atoms with van der Waals surface area (Å²) in [4.78, 5) is 27.7. The van der Waals surface area contributed by atoms with E-state index in [0.717, 1.165) is 11.1 Å². The van der Waals surface area contributed by atoms with Crippen LogP contribution >= 0.6 is 0 Å². The molecular weight excluding hydrogens is 358 g/mol. The maximum atomic E-state index is 13.2. The highest BCUT2D eigenvalue weighted by molar-refractivity contribution is 5.84. The van der Waals surface area contributed by atoms with Crippen LogP contribution in [-0.4, -0.2) is 56.1 Å². The zero-order valence-electron chi connectivity index (χ0n) is 16.1. The minimum atomic E-state index is -0.470. The van der Waals surface area contributed by atoms with E-state index in [-0.39, 0.29) is 12.6 Å². The maximum absolute atomic E-state index is 13.2. The van der Waals surface area contributed by atoms with Gasteiger partial charge in [0.2, 0.25) is 12.3 Å². The molecule has 2 aromatic rings. The summed E-state index contributed by atoms with van der Waals surface area (Å²) in [5.74, 6) is 1.14. The summed E-state index contributed by atoms with van der Waals surface area (Å²) in [6.07, 6.45) is 0.606. The van der Waals surface area contributed by atoms with E-state index in [1.807, 2.05) is 36.4 Å². The fraction of sp³-hybridized carbons (Fsp3) is 0.333. The number of piperazine rings is 1. The zero-order valence-corrected chi connectivity index (χ0v) is 16.1. The first kappa shape index (κ1) is 19.7. The second-order valence-corrected chi connectivity index (χ2v) is 6.55. The molecule has 3 rings (SSSR count). The van der Waals surface area contributed by atoms with Gasteiger partial charge in [0.15, 0.2) is 11.5 Å². The lowest BCUT2D eigenvalue weighted by molar-refractivity contribution is -0.143. The number of hydrogen-bond donors (Lipinski definition) is 1. The number of methoxy groups -OCH3 is 2. The third kappa shape index (κ3) is 4.26. The molecule has 0 radical (unpaired) electrons. The number of carbonyl (C=O) groups is 2. The number of nitrogens with one attached hydrogen (secondary N) is 1. The lowest BCUT2D eigenvalue weighted by Crippen LogP contribution is -2.54. The van der Waals surface area contributed by atoms with Gasteiger partial charge in [-0.3, -0.25) is 14.5 Å². The quantitative estimate of drug-likeness (QED) is 0.704. The van der Waals surface area contributed by atoms with E-state index in [0.29, 0.717) is 37.5 Å². The van der Waals surface area contributed by atoms with E-state index in [9.17, 15) is 9.59 Å². The molecule has 1 N–H and O–H groups in total. The Morgan fingerprint density at radius 2 is 1.82 bits per heavy atom. The van der Waals surface area contributed by atoms with Crippen LogP contribution in [0.5, 0.6) is 11.5 Å². The van der Waals surface area contributed by atoms with Crippen LogP contribution in [0.25, 0.3) is 0 Å². The van der Waals surface area contributed by atoms with Gasteiger partial charge in [-0.05, 0) is 23.3 Å². The Bertz CT molecular complexity index is 813. The number of amides is 2. The van der Waals surface area contributed by atoms with Crippen LogP contribution in [0, 0.1) is 0 Å². The Morgan fingerprint density at radius 1 is 1.07 bits per heavy atom. The van der Waals surface area contributed by atoms with Gasteiger partial charge in [0.25, 0.3) is 0 Å². The van der Waals surface area contributed by atoms with Gasteiger partial charge < -0.3 is 19.7 Å². The van der Waals surface area contributed by atoms with Gasteiger partial charge in [-0.1, -0.05) is 36.4 Å². The average Bonchev–Trinajstić information content (AvgIpc) is 2.73. The normalized spacial score (nSPS) is 17.3. The standard InChI is InChI=1S/C21H25N3O4/c1-27-18-9-8-17(12-19(18)28-2)20-21(26)24(14-22-15-25)11-10-23(20)13-16-6-4-3-5-7-16/h3-9,12,15,20H,10-11,13-14H2,1-2H3,(H,22,25). The van der Waals surface area contributed by atoms with Gasteiger partial charge in [-0.2, -0.15) is 0 Å². The summed E-state index contributed by atoms with van der Waals surface area (Å²) in [7, 11) is 3.16.